The number of aliphatic hydroxyl groups is 1. The molecule has 0 saturated carbocycles. The molecule has 0 atom stereocenters. The zero-order valence-corrected chi connectivity index (χ0v) is 11.5. The molecule has 3 aromatic rings. The lowest BCUT2D eigenvalue weighted by molar-refractivity contribution is -0.385. The fourth-order valence-corrected chi connectivity index (χ4v) is 2.14. The summed E-state index contributed by atoms with van der Waals surface area (Å²) in [6.07, 6.45) is 1.16. The van der Waals surface area contributed by atoms with Gasteiger partial charge >= 0.3 is 0 Å². The van der Waals surface area contributed by atoms with Gasteiger partial charge in [-0.15, -0.1) is 0 Å². The van der Waals surface area contributed by atoms with Crippen molar-refractivity contribution in [3.63, 3.8) is 0 Å². The summed E-state index contributed by atoms with van der Waals surface area (Å²) in [6, 6.07) is 13.9. The molecular weight excluding hydrogens is 284 g/mol. The first-order valence-corrected chi connectivity index (χ1v) is 6.58. The number of ether oxygens (including phenoxy) is 1. The van der Waals surface area contributed by atoms with Gasteiger partial charge in [0.1, 0.15) is 11.9 Å². The zero-order valence-electron chi connectivity index (χ0n) is 11.5. The standard InChI is InChI=1S/C16H12N2O4/c19-10-11-4-6-14-12(8-11)2-1-3-15(14)22-16-7-5-13(9-17-16)18(20)21/h1-9,19H,10H2. The Morgan fingerprint density at radius 1 is 1.18 bits per heavy atom. The van der Waals surface area contributed by atoms with Gasteiger partial charge in [0.2, 0.25) is 5.88 Å². The summed E-state index contributed by atoms with van der Waals surface area (Å²) in [6.45, 7) is -0.0229. The lowest BCUT2D eigenvalue weighted by Gasteiger charge is -2.08. The number of nitrogens with zero attached hydrogens (tertiary/aromatic N) is 2. The lowest BCUT2D eigenvalue weighted by atomic mass is 10.1. The molecule has 2 aromatic carbocycles. The molecule has 0 bridgehead atoms. The summed E-state index contributed by atoms with van der Waals surface area (Å²) in [5.41, 5.74) is 0.732. The second kappa shape index (κ2) is 5.79. The monoisotopic (exact) mass is 296 g/mol. The van der Waals surface area contributed by atoms with Crippen molar-refractivity contribution in [1.82, 2.24) is 4.98 Å². The quantitative estimate of drug-likeness (QED) is 0.589. The molecule has 0 amide bonds. The van der Waals surface area contributed by atoms with E-state index in [2.05, 4.69) is 4.98 Å². The van der Waals surface area contributed by atoms with E-state index >= 15 is 0 Å². The van der Waals surface area contributed by atoms with Gasteiger partial charge < -0.3 is 9.84 Å². The molecule has 1 N–H and O–H groups in total. The molecule has 0 aliphatic rings. The van der Waals surface area contributed by atoms with Crippen molar-refractivity contribution in [2.75, 3.05) is 0 Å². The summed E-state index contributed by atoms with van der Waals surface area (Å²) in [5, 5.41) is 21.6. The van der Waals surface area contributed by atoms with E-state index in [-0.39, 0.29) is 18.2 Å². The largest absolute Gasteiger partial charge is 0.438 e. The van der Waals surface area contributed by atoms with Gasteiger partial charge in [0.15, 0.2) is 0 Å². The van der Waals surface area contributed by atoms with Crippen LogP contribution in [0.25, 0.3) is 10.8 Å². The average Bonchev–Trinajstić information content (AvgIpc) is 2.55. The molecule has 3 rings (SSSR count). The van der Waals surface area contributed by atoms with Crippen molar-refractivity contribution in [3.05, 3.63) is 70.4 Å². The molecule has 1 aromatic heterocycles. The Labute approximate surface area is 125 Å². The van der Waals surface area contributed by atoms with Crippen molar-refractivity contribution in [3.8, 4) is 11.6 Å². The fourth-order valence-electron chi connectivity index (χ4n) is 2.14. The highest BCUT2D eigenvalue weighted by atomic mass is 16.6. The molecule has 0 spiro atoms. The number of rotatable bonds is 4. The molecule has 0 saturated heterocycles. The second-order valence-electron chi connectivity index (χ2n) is 4.68. The molecule has 6 nitrogen and oxygen atoms in total. The molecule has 0 aliphatic carbocycles. The number of fused-ring (bicyclic) bond motifs is 1. The molecule has 1 heterocycles. The van der Waals surface area contributed by atoms with Crippen LogP contribution in [0, 0.1) is 10.1 Å². The van der Waals surface area contributed by atoms with Crippen LogP contribution in [0.15, 0.2) is 54.7 Å². The summed E-state index contributed by atoms with van der Waals surface area (Å²) in [7, 11) is 0. The molecule has 110 valence electrons. The van der Waals surface area contributed by atoms with E-state index in [1.54, 1.807) is 6.07 Å². The Bertz CT molecular complexity index is 831. The topological polar surface area (TPSA) is 85.5 Å². The van der Waals surface area contributed by atoms with Crippen LogP contribution >= 0.6 is 0 Å². The number of hydrogen-bond acceptors (Lipinski definition) is 5. The SMILES string of the molecule is O=[N+]([O-])c1ccc(Oc2cccc3cc(CO)ccc23)nc1. The molecular formula is C16H12N2O4. The second-order valence-corrected chi connectivity index (χ2v) is 4.68. The molecule has 22 heavy (non-hydrogen) atoms. The molecule has 0 unspecified atom stereocenters. The predicted molar refractivity (Wildman–Crippen MR) is 80.8 cm³/mol. The summed E-state index contributed by atoms with van der Waals surface area (Å²) >= 11 is 0. The van der Waals surface area contributed by atoms with Gasteiger partial charge in [-0.25, -0.2) is 4.98 Å². The van der Waals surface area contributed by atoms with E-state index in [0.29, 0.717) is 5.75 Å². The van der Waals surface area contributed by atoms with E-state index in [0.717, 1.165) is 22.5 Å². The first kappa shape index (κ1) is 14.0. The number of benzene rings is 2. The molecule has 0 aliphatic heterocycles. The van der Waals surface area contributed by atoms with Crippen molar-refractivity contribution in [2.24, 2.45) is 0 Å². The Balaban J connectivity index is 1.94. The summed E-state index contributed by atoms with van der Waals surface area (Å²) in [4.78, 5) is 14.0. The van der Waals surface area contributed by atoms with Crippen LogP contribution in [0.1, 0.15) is 5.56 Å². The normalized spacial score (nSPS) is 10.6. The maximum absolute atomic E-state index is 10.6. The minimum absolute atomic E-state index is 0.0229. The number of pyridine rings is 1. The van der Waals surface area contributed by atoms with Gasteiger partial charge in [0, 0.05) is 17.5 Å². The van der Waals surface area contributed by atoms with E-state index in [4.69, 9.17) is 4.74 Å². The zero-order chi connectivity index (χ0) is 15.5. The third-order valence-electron chi connectivity index (χ3n) is 3.23. The number of nitro groups is 1. The Kier molecular flexibility index (Phi) is 3.67. The van der Waals surface area contributed by atoms with E-state index < -0.39 is 4.92 Å². The van der Waals surface area contributed by atoms with Crippen LogP contribution in [0.2, 0.25) is 0 Å². The molecule has 0 fully saturated rings. The van der Waals surface area contributed by atoms with E-state index in [1.807, 2.05) is 30.3 Å². The Hall–Kier alpha value is -2.99. The third kappa shape index (κ3) is 2.72. The van der Waals surface area contributed by atoms with Crippen LogP contribution in [0.5, 0.6) is 11.6 Å². The highest BCUT2D eigenvalue weighted by Crippen LogP contribution is 2.30. The smallest absolute Gasteiger partial charge is 0.287 e. The van der Waals surface area contributed by atoms with Crippen LogP contribution < -0.4 is 4.74 Å². The van der Waals surface area contributed by atoms with Gasteiger partial charge in [-0.05, 0) is 23.1 Å². The maximum atomic E-state index is 10.6. The average molecular weight is 296 g/mol. The van der Waals surface area contributed by atoms with Crippen LogP contribution in [-0.4, -0.2) is 15.0 Å². The Morgan fingerprint density at radius 2 is 2.05 bits per heavy atom. The third-order valence-corrected chi connectivity index (χ3v) is 3.23. The van der Waals surface area contributed by atoms with Crippen LogP contribution in [0.3, 0.4) is 0 Å². The van der Waals surface area contributed by atoms with E-state index in [1.165, 1.54) is 12.1 Å². The van der Waals surface area contributed by atoms with Crippen LogP contribution in [0.4, 0.5) is 5.69 Å². The Morgan fingerprint density at radius 3 is 2.73 bits per heavy atom. The maximum Gasteiger partial charge on any atom is 0.287 e. The number of aromatic nitrogens is 1. The minimum atomic E-state index is -0.509. The van der Waals surface area contributed by atoms with Gasteiger partial charge in [-0.2, -0.15) is 0 Å². The first-order chi connectivity index (χ1) is 10.7. The van der Waals surface area contributed by atoms with Crippen molar-refractivity contribution < 1.29 is 14.8 Å². The van der Waals surface area contributed by atoms with Crippen LogP contribution in [-0.2, 0) is 6.61 Å². The number of hydrogen-bond donors (Lipinski definition) is 1. The predicted octanol–water partition coefficient (Wildman–Crippen LogP) is 3.43. The summed E-state index contributed by atoms with van der Waals surface area (Å²) in [5.74, 6) is 0.882. The van der Waals surface area contributed by atoms with Crippen molar-refractivity contribution >= 4 is 16.5 Å². The minimum Gasteiger partial charge on any atom is -0.438 e. The summed E-state index contributed by atoms with van der Waals surface area (Å²) < 4.78 is 5.70. The highest BCUT2D eigenvalue weighted by molar-refractivity contribution is 5.89. The van der Waals surface area contributed by atoms with Crippen molar-refractivity contribution in [1.29, 1.82) is 0 Å². The van der Waals surface area contributed by atoms with Crippen molar-refractivity contribution in [2.45, 2.75) is 6.61 Å². The van der Waals surface area contributed by atoms with E-state index in [9.17, 15) is 15.2 Å². The molecule has 0 radical (unpaired) electrons. The highest BCUT2D eigenvalue weighted by Gasteiger charge is 2.08. The van der Waals surface area contributed by atoms with Gasteiger partial charge in [0.25, 0.3) is 5.69 Å². The van der Waals surface area contributed by atoms with Gasteiger partial charge in [-0.3, -0.25) is 10.1 Å². The van der Waals surface area contributed by atoms with Gasteiger partial charge in [0.05, 0.1) is 11.5 Å². The fraction of sp³-hybridized carbons (Fsp3) is 0.0625. The first-order valence-electron chi connectivity index (χ1n) is 6.58. The number of aliphatic hydroxyl groups excluding tert-OH is 1. The molecule has 6 heteroatoms. The lowest BCUT2D eigenvalue weighted by Crippen LogP contribution is -1.92. The van der Waals surface area contributed by atoms with Gasteiger partial charge in [-0.1, -0.05) is 24.3 Å².